The minimum absolute atomic E-state index is 0.198. The molecule has 0 radical (unpaired) electrons. The summed E-state index contributed by atoms with van der Waals surface area (Å²) in [5.41, 5.74) is 8.98. The second-order valence-corrected chi connectivity index (χ2v) is 4.47. The summed E-state index contributed by atoms with van der Waals surface area (Å²) in [5.74, 6) is -0.198. The molecule has 2 aromatic rings. The van der Waals surface area contributed by atoms with Gasteiger partial charge in [-0.25, -0.2) is 4.98 Å². The Labute approximate surface area is 103 Å². The lowest BCUT2D eigenvalue weighted by Crippen LogP contribution is -2.27. The largest absolute Gasteiger partial charge is 0.396 e. The Kier molecular flexibility index (Phi) is 3.10. The van der Waals surface area contributed by atoms with Gasteiger partial charge in [0.2, 0.25) is 0 Å². The van der Waals surface area contributed by atoms with Crippen molar-refractivity contribution in [2.45, 2.75) is 6.54 Å². The molecule has 2 heterocycles. The van der Waals surface area contributed by atoms with Crippen LogP contribution in [0.15, 0.2) is 17.1 Å². The number of aryl methyl sites for hydroxylation is 1. The number of nitrogens with two attached hydrogens (primary N) is 1. The van der Waals surface area contributed by atoms with E-state index in [1.165, 1.54) is 16.0 Å². The van der Waals surface area contributed by atoms with Gasteiger partial charge >= 0.3 is 0 Å². The Morgan fingerprint density at radius 3 is 2.94 bits per heavy atom. The standard InChI is InChI=1S/C10H13N5OS/c1-14(3-7-5-17-6-12-7)10(16)9-8(11)4-15(2)13-9/h4-6H,3,11H2,1-2H3. The lowest BCUT2D eigenvalue weighted by Gasteiger charge is -2.14. The highest BCUT2D eigenvalue weighted by molar-refractivity contribution is 7.07. The van der Waals surface area contributed by atoms with Gasteiger partial charge in [0.1, 0.15) is 0 Å². The van der Waals surface area contributed by atoms with Gasteiger partial charge in [0.15, 0.2) is 5.69 Å². The predicted molar refractivity (Wildman–Crippen MR) is 65.5 cm³/mol. The van der Waals surface area contributed by atoms with Crippen LogP contribution in [-0.2, 0) is 13.6 Å². The number of carbonyl (C=O) groups is 1. The van der Waals surface area contributed by atoms with Crippen molar-refractivity contribution in [2.75, 3.05) is 12.8 Å². The maximum absolute atomic E-state index is 12.1. The number of rotatable bonds is 3. The molecule has 0 spiro atoms. The number of nitrogens with zero attached hydrogens (tertiary/aromatic N) is 4. The fraction of sp³-hybridized carbons (Fsp3) is 0.300. The highest BCUT2D eigenvalue weighted by Gasteiger charge is 2.18. The first kappa shape index (κ1) is 11.6. The lowest BCUT2D eigenvalue weighted by atomic mass is 10.3. The molecule has 0 bridgehead atoms. The lowest BCUT2D eigenvalue weighted by molar-refractivity contribution is 0.0778. The van der Waals surface area contributed by atoms with Crippen LogP contribution in [0, 0.1) is 0 Å². The van der Waals surface area contributed by atoms with Crippen LogP contribution in [0.5, 0.6) is 0 Å². The van der Waals surface area contributed by atoms with Crippen LogP contribution in [0.25, 0.3) is 0 Å². The molecular weight excluding hydrogens is 238 g/mol. The topological polar surface area (TPSA) is 77.0 Å². The van der Waals surface area contributed by atoms with Gasteiger partial charge in [0, 0.05) is 25.7 Å². The van der Waals surface area contributed by atoms with E-state index in [9.17, 15) is 4.79 Å². The summed E-state index contributed by atoms with van der Waals surface area (Å²) in [6.07, 6.45) is 1.61. The van der Waals surface area contributed by atoms with E-state index in [2.05, 4.69) is 10.1 Å². The number of nitrogen functional groups attached to an aromatic ring is 1. The highest BCUT2D eigenvalue weighted by atomic mass is 32.1. The average Bonchev–Trinajstić information content (AvgIpc) is 2.87. The molecule has 0 aliphatic carbocycles. The molecule has 0 aromatic carbocycles. The molecule has 0 aliphatic rings. The third kappa shape index (κ3) is 2.44. The zero-order valence-corrected chi connectivity index (χ0v) is 10.4. The molecule has 17 heavy (non-hydrogen) atoms. The van der Waals surface area contributed by atoms with Gasteiger partial charge in [-0.1, -0.05) is 0 Å². The summed E-state index contributed by atoms with van der Waals surface area (Å²) in [6.45, 7) is 0.457. The SMILES string of the molecule is CN(Cc1cscn1)C(=O)c1nn(C)cc1N. The predicted octanol–water partition coefficient (Wildman–Crippen LogP) is 0.731. The van der Waals surface area contributed by atoms with E-state index < -0.39 is 0 Å². The number of amides is 1. The van der Waals surface area contributed by atoms with Gasteiger partial charge in [-0.3, -0.25) is 9.48 Å². The van der Waals surface area contributed by atoms with E-state index in [1.54, 1.807) is 30.7 Å². The second kappa shape index (κ2) is 4.54. The first-order valence-corrected chi connectivity index (χ1v) is 5.94. The summed E-state index contributed by atoms with van der Waals surface area (Å²) in [4.78, 5) is 17.7. The smallest absolute Gasteiger partial charge is 0.276 e. The number of thiazole rings is 1. The molecule has 2 N–H and O–H groups in total. The quantitative estimate of drug-likeness (QED) is 0.872. The van der Waals surface area contributed by atoms with Crippen molar-refractivity contribution in [2.24, 2.45) is 7.05 Å². The first-order valence-electron chi connectivity index (χ1n) is 4.99. The van der Waals surface area contributed by atoms with Crippen LogP contribution in [0.1, 0.15) is 16.2 Å². The second-order valence-electron chi connectivity index (χ2n) is 3.75. The molecule has 90 valence electrons. The molecule has 6 nitrogen and oxygen atoms in total. The number of anilines is 1. The van der Waals surface area contributed by atoms with Crippen molar-refractivity contribution in [1.82, 2.24) is 19.7 Å². The van der Waals surface area contributed by atoms with Crippen molar-refractivity contribution in [3.05, 3.63) is 28.5 Å². The third-order valence-corrected chi connectivity index (χ3v) is 2.92. The molecule has 7 heteroatoms. The molecule has 0 fully saturated rings. The fourth-order valence-corrected chi connectivity index (χ4v) is 2.03. The molecule has 1 amide bonds. The molecule has 2 aromatic heterocycles. The van der Waals surface area contributed by atoms with E-state index in [4.69, 9.17) is 5.73 Å². The van der Waals surface area contributed by atoms with Gasteiger partial charge < -0.3 is 10.6 Å². The Morgan fingerprint density at radius 2 is 2.41 bits per heavy atom. The number of carbonyl (C=O) groups excluding carboxylic acids is 1. The summed E-state index contributed by atoms with van der Waals surface area (Å²) in [6, 6.07) is 0. The third-order valence-electron chi connectivity index (χ3n) is 2.29. The Hall–Kier alpha value is -1.89. The van der Waals surface area contributed by atoms with E-state index in [1.807, 2.05) is 5.38 Å². The Morgan fingerprint density at radius 1 is 1.65 bits per heavy atom. The zero-order valence-electron chi connectivity index (χ0n) is 9.62. The molecule has 0 saturated carbocycles. The van der Waals surface area contributed by atoms with E-state index >= 15 is 0 Å². The number of aromatic nitrogens is 3. The van der Waals surface area contributed by atoms with Crippen molar-refractivity contribution < 1.29 is 4.79 Å². The van der Waals surface area contributed by atoms with Gasteiger partial charge in [-0.2, -0.15) is 5.10 Å². The molecule has 0 unspecified atom stereocenters. The first-order chi connectivity index (χ1) is 8.08. The van der Waals surface area contributed by atoms with Crippen LogP contribution in [0.2, 0.25) is 0 Å². The van der Waals surface area contributed by atoms with Gasteiger partial charge in [0.25, 0.3) is 5.91 Å². The van der Waals surface area contributed by atoms with Crippen LogP contribution in [0.3, 0.4) is 0 Å². The number of hydrogen-bond donors (Lipinski definition) is 1. The molecule has 0 atom stereocenters. The van der Waals surface area contributed by atoms with Crippen LogP contribution in [-0.4, -0.2) is 32.6 Å². The van der Waals surface area contributed by atoms with E-state index in [-0.39, 0.29) is 11.6 Å². The molecular formula is C10H13N5OS. The van der Waals surface area contributed by atoms with Crippen molar-refractivity contribution in [1.29, 1.82) is 0 Å². The molecule has 2 rings (SSSR count). The van der Waals surface area contributed by atoms with Gasteiger partial charge in [-0.05, 0) is 0 Å². The minimum atomic E-state index is -0.198. The number of hydrogen-bond acceptors (Lipinski definition) is 5. The minimum Gasteiger partial charge on any atom is -0.396 e. The van der Waals surface area contributed by atoms with Crippen molar-refractivity contribution >= 4 is 22.9 Å². The highest BCUT2D eigenvalue weighted by Crippen LogP contribution is 2.12. The summed E-state index contributed by atoms with van der Waals surface area (Å²) in [5, 5.41) is 5.95. The summed E-state index contributed by atoms with van der Waals surface area (Å²) < 4.78 is 1.53. The average molecular weight is 251 g/mol. The van der Waals surface area contributed by atoms with Crippen LogP contribution >= 0.6 is 11.3 Å². The Balaban J connectivity index is 2.12. The van der Waals surface area contributed by atoms with Crippen molar-refractivity contribution in [3.8, 4) is 0 Å². The summed E-state index contributed by atoms with van der Waals surface area (Å²) >= 11 is 1.50. The van der Waals surface area contributed by atoms with Gasteiger partial charge in [0.05, 0.1) is 23.4 Å². The van der Waals surface area contributed by atoms with E-state index in [0.29, 0.717) is 12.2 Å². The van der Waals surface area contributed by atoms with Crippen LogP contribution < -0.4 is 5.73 Å². The molecule has 0 saturated heterocycles. The zero-order chi connectivity index (χ0) is 12.4. The fourth-order valence-electron chi connectivity index (χ4n) is 1.48. The van der Waals surface area contributed by atoms with E-state index in [0.717, 1.165) is 5.69 Å². The molecule has 0 aliphatic heterocycles. The normalized spacial score (nSPS) is 10.5. The van der Waals surface area contributed by atoms with Crippen LogP contribution in [0.4, 0.5) is 5.69 Å². The summed E-state index contributed by atoms with van der Waals surface area (Å²) in [7, 11) is 3.43. The maximum atomic E-state index is 12.1. The van der Waals surface area contributed by atoms with Gasteiger partial charge in [-0.15, -0.1) is 11.3 Å². The monoisotopic (exact) mass is 251 g/mol. The Bertz CT molecular complexity index is 519. The van der Waals surface area contributed by atoms with Crippen molar-refractivity contribution in [3.63, 3.8) is 0 Å². The maximum Gasteiger partial charge on any atom is 0.276 e.